The van der Waals surface area contributed by atoms with Crippen LogP contribution in [-0.4, -0.2) is 66.9 Å². The predicted molar refractivity (Wildman–Crippen MR) is 113 cm³/mol. The molecule has 2 N–H and O–H groups in total. The molecule has 0 radical (unpaired) electrons. The summed E-state index contributed by atoms with van der Waals surface area (Å²) in [5.74, 6) is -3.17. The van der Waals surface area contributed by atoms with E-state index in [1.165, 1.54) is 43.3 Å². The van der Waals surface area contributed by atoms with E-state index < -0.39 is 41.3 Å². The van der Waals surface area contributed by atoms with Crippen LogP contribution < -0.4 is 0 Å². The van der Waals surface area contributed by atoms with Gasteiger partial charge in [0.2, 0.25) is 5.91 Å². The standard InChI is InChI=1S/C21H23N3O7S/c1-9(25)13-17-21(4,5-6-31-11(3)27)14(16(20(29)30)24(17)18(13)28)12-7-23-8-22-15(10(2)26)19(23)32-12/h7-9,13,17,25H,5-6H2,1-4H3,(H,29,30)/t9-,13-,17-,21?/m1/s1. The second kappa shape index (κ2) is 7.52. The number of aliphatic hydroxyl groups is 1. The van der Waals surface area contributed by atoms with Crippen molar-refractivity contribution in [3.05, 3.63) is 28.8 Å². The first-order chi connectivity index (χ1) is 15.0. The Hall–Kier alpha value is -3.05. The monoisotopic (exact) mass is 461 g/mol. The third-order valence-corrected chi connectivity index (χ3v) is 7.41. The smallest absolute Gasteiger partial charge is 0.352 e. The molecule has 0 bridgehead atoms. The van der Waals surface area contributed by atoms with Gasteiger partial charge in [0.05, 0.1) is 29.5 Å². The molecule has 170 valence electrons. The van der Waals surface area contributed by atoms with E-state index >= 15 is 0 Å². The first kappa shape index (κ1) is 22.2. The van der Waals surface area contributed by atoms with Crippen LogP contribution in [0.2, 0.25) is 0 Å². The van der Waals surface area contributed by atoms with Crippen LogP contribution in [0, 0.1) is 11.3 Å². The number of hydrogen-bond acceptors (Lipinski definition) is 8. The van der Waals surface area contributed by atoms with E-state index in [4.69, 9.17) is 4.74 Å². The van der Waals surface area contributed by atoms with Crippen molar-refractivity contribution in [2.45, 2.75) is 46.3 Å². The van der Waals surface area contributed by atoms with Crippen LogP contribution in [0.3, 0.4) is 0 Å². The maximum atomic E-state index is 12.8. The zero-order valence-corrected chi connectivity index (χ0v) is 18.8. The number of ether oxygens (including phenoxy) is 1. The lowest BCUT2D eigenvalue weighted by Crippen LogP contribution is -2.66. The second-order valence-electron chi connectivity index (χ2n) is 8.41. The average Bonchev–Trinajstić information content (AvgIpc) is 3.29. The van der Waals surface area contributed by atoms with Crippen molar-refractivity contribution in [3.8, 4) is 0 Å². The summed E-state index contributed by atoms with van der Waals surface area (Å²) in [6.45, 7) is 6.04. The molecule has 1 fully saturated rings. The number of hydrogen-bond donors (Lipinski definition) is 2. The highest BCUT2D eigenvalue weighted by Crippen LogP contribution is 2.59. The quantitative estimate of drug-likeness (QED) is 0.360. The molecule has 1 unspecified atom stereocenters. The molecule has 0 aliphatic carbocycles. The Kier molecular flexibility index (Phi) is 5.21. The van der Waals surface area contributed by atoms with Crippen LogP contribution in [0.25, 0.3) is 10.4 Å². The van der Waals surface area contributed by atoms with Crippen LogP contribution in [-0.2, 0) is 19.1 Å². The Bertz CT molecular complexity index is 1190. The van der Waals surface area contributed by atoms with Crippen molar-refractivity contribution >= 4 is 45.4 Å². The summed E-state index contributed by atoms with van der Waals surface area (Å²) >= 11 is 1.21. The van der Waals surface area contributed by atoms with Crippen LogP contribution in [0.15, 0.2) is 18.2 Å². The van der Waals surface area contributed by atoms with Gasteiger partial charge in [0.1, 0.15) is 22.5 Å². The third kappa shape index (κ3) is 3.06. The summed E-state index contributed by atoms with van der Waals surface area (Å²) in [5, 5.41) is 20.3. The SMILES string of the molecule is CC(=O)OCCC1(C)C(c2cn3cnc(C(C)=O)c3s2)=C(C(=O)O)N2C(=O)[C@H]([C@@H](C)O)[C@@H]21. The number of aromatic nitrogens is 2. The fraction of sp³-hybridized carbons (Fsp3) is 0.476. The Balaban J connectivity index is 1.90. The molecule has 2 aliphatic heterocycles. The zero-order valence-electron chi connectivity index (χ0n) is 18.0. The molecule has 4 atom stereocenters. The molecule has 0 spiro atoms. The number of carbonyl (C=O) groups is 4. The number of aliphatic hydroxyl groups excluding tert-OH is 1. The molecule has 2 aliphatic rings. The number of carboxylic acids is 1. The largest absolute Gasteiger partial charge is 0.477 e. The molecule has 32 heavy (non-hydrogen) atoms. The zero-order chi connectivity index (χ0) is 23.5. The molecule has 4 heterocycles. The number of aliphatic carboxylic acids is 1. The van der Waals surface area contributed by atoms with Crippen molar-refractivity contribution in [1.82, 2.24) is 14.3 Å². The van der Waals surface area contributed by atoms with Crippen LogP contribution in [0.5, 0.6) is 0 Å². The van der Waals surface area contributed by atoms with Crippen LogP contribution >= 0.6 is 11.3 Å². The van der Waals surface area contributed by atoms with Gasteiger partial charge in [-0.1, -0.05) is 6.92 Å². The molecule has 1 amide bonds. The first-order valence-corrected chi connectivity index (χ1v) is 10.9. The molecule has 2 aromatic rings. The summed E-state index contributed by atoms with van der Waals surface area (Å²) in [5.41, 5.74) is -0.365. The van der Waals surface area contributed by atoms with Gasteiger partial charge in [-0.3, -0.25) is 18.8 Å². The fourth-order valence-corrected chi connectivity index (χ4v) is 6.20. The lowest BCUT2D eigenvalue weighted by atomic mass is 9.66. The van der Waals surface area contributed by atoms with Gasteiger partial charge >= 0.3 is 11.9 Å². The molecular weight excluding hydrogens is 438 g/mol. The minimum absolute atomic E-state index is 0.0256. The summed E-state index contributed by atoms with van der Waals surface area (Å²) < 4.78 is 6.79. The van der Waals surface area contributed by atoms with Crippen LogP contribution in [0.4, 0.5) is 0 Å². The highest BCUT2D eigenvalue weighted by atomic mass is 32.1. The highest BCUT2D eigenvalue weighted by molar-refractivity contribution is 7.18. The van der Waals surface area contributed by atoms with E-state index in [1.807, 2.05) is 6.92 Å². The normalized spacial score (nSPS) is 25.7. The number of fused-ring (bicyclic) bond motifs is 2. The number of imidazole rings is 1. The number of amides is 1. The molecule has 10 nitrogen and oxygen atoms in total. The number of nitrogens with zero attached hydrogens (tertiary/aromatic N) is 3. The Labute approximate surface area is 187 Å². The van der Waals surface area contributed by atoms with E-state index in [2.05, 4.69) is 4.98 Å². The number of ketones is 1. The highest BCUT2D eigenvalue weighted by Gasteiger charge is 2.66. The van der Waals surface area contributed by atoms with E-state index in [0.29, 0.717) is 15.3 Å². The average molecular weight is 461 g/mol. The summed E-state index contributed by atoms with van der Waals surface area (Å²) in [6.07, 6.45) is 2.45. The van der Waals surface area contributed by atoms with E-state index in [-0.39, 0.29) is 30.2 Å². The van der Waals surface area contributed by atoms with E-state index in [9.17, 15) is 29.4 Å². The molecule has 0 saturated carbocycles. The summed E-state index contributed by atoms with van der Waals surface area (Å²) in [7, 11) is 0. The minimum atomic E-state index is -1.26. The van der Waals surface area contributed by atoms with Crippen LogP contribution in [0.1, 0.15) is 49.5 Å². The van der Waals surface area contributed by atoms with Gasteiger partial charge in [0, 0.05) is 31.0 Å². The number of esters is 1. The lowest BCUT2D eigenvalue weighted by molar-refractivity contribution is -0.167. The van der Waals surface area contributed by atoms with Gasteiger partial charge < -0.3 is 19.8 Å². The Morgan fingerprint density at radius 3 is 2.59 bits per heavy atom. The van der Waals surface area contributed by atoms with Crippen molar-refractivity contribution in [2.24, 2.45) is 11.3 Å². The third-order valence-electron chi connectivity index (χ3n) is 6.28. The predicted octanol–water partition coefficient (Wildman–Crippen LogP) is 1.57. The first-order valence-electron chi connectivity index (χ1n) is 10.1. The van der Waals surface area contributed by atoms with Gasteiger partial charge in [0.25, 0.3) is 0 Å². The van der Waals surface area contributed by atoms with Crippen molar-refractivity contribution < 1.29 is 34.1 Å². The topological polar surface area (TPSA) is 139 Å². The number of carbonyl (C=O) groups excluding carboxylic acids is 3. The van der Waals surface area contributed by atoms with Gasteiger partial charge in [-0.15, -0.1) is 11.3 Å². The Morgan fingerprint density at radius 1 is 1.34 bits per heavy atom. The number of β-lactam (4-membered cyclic amide) rings is 1. The maximum Gasteiger partial charge on any atom is 0.352 e. The lowest BCUT2D eigenvalue weighted by Gasteiger charge is -2.50. The minimum Gasteiger partial charge on any atom is -0.477 e. The molecule has 11 heteroatoms. The van der Waals surface area contributed by atoms with Crippen molar-refractivity contribution in [1.29, 1.82) is 0 Å². The van der Waals surface area contributed by atoms with Crippen molar-refractivity contribution in [3.63, 3.8) is 0 Å². The number of rotatable bonds is 7. The summed E-state index contributed by atoms with van der Waals surface area (Å²) in [6, 6.07) is -0.599. The number of Topliss-reactive ketones (excluding diaryl/α,β-unsaturated/α-hetero) is 1. The number of carboxylic acid groups (broad SMARTS) is 1. The van der Waals surface area contributed by atoms with Gasteiger partial charge in [0.15, 0.2) is 5.78 Å². The molecule has 0 aromatic carbocycles. The molecule has 1 saturated heterocycles. The van der Waals surface area contributed by atoms with Gasteiger partial charge in [-0.05, 0) is 13.3 Å². The Morgan fingerprint density at radius 2 is 2.03 bits per heavy atom. The maximum absolute atomic E-state index is 12.8. The van der Waals surface area contributed by atoms with E-state index in [0.717, 1.165) is 0 Å². The molecule has 2 aromatic heterocycles. The van der Waals surface area contributed by atoms with Gasteiger partial charge in [-0.2, -0.15) is 0 Å². The fourth-order valence-electron chi connectivity index (χ4n) is 4.90. The summed E-state index contributed by atoms with van der Waals surface area (Å²) in [4.78, 5) is 54.9. The molecule has 4 rings (SSSR count). The van der Waals surface area contributed by atoms with Gasteiger partial charge in [-0.25, -0.2) is 9.78 Å². The second-order valence-corrected chi connectivity index (χ2v) is 9.44. The van der Waals surface area contributed by atoms with Crippen molar-refractivity contribution in [2.75, 3.05) is 6.61 Å². The van der Waals surface area contributed by atoms with E-state index in [1.54, 1.807) is 10.6 Å². The number of thiazole rings is 1. The molecular formula is C21H23N3O7S.